The first-order chi connectivity index (χ1) is 8.65. The first kappa shape index (κ1) is 12.6. The van der Waals surface area contributed by atoms with E-state index in [2.05, 4.69) is 10.3 Å². The molecule has 1 aliphatic rings. The highest BCUT2D eigenvalue weighted by atomic mass is 16.5. The normalized spacial score (nSPS) is 16.4. The molecule has 0 aromatic carbocycles. The van der Waals surface area contributed by atoms with Crippen molar-refractivity contribution in [2.45, 2.75) is 25.4 Å². The maximum atomic E-state index is 11.7. The van der Waals surface area contributed by atoms with Crippen LogP contribution in [0.15, 0.2) is 21.9 Å². The van der Waals surface area contributed by atoms with E-state index in [9.17, 15) is 14.4 Å². The molecule has 18 heavy (non-hydrogen) atoms. The topological polar surface area (TPSA) is 93.2 Å². The number of carbonyl (C=O) groups excluding carboxylic acids is 1. The Morgan fingerprint density at radius 3 is 2.83 bits per heavy atom. The van der Waals surface area contributed by atoms with Crippen molar-refractivity contribution in [3.63, 3.8) is 0 Å². The highest BCUT2D eigenvalue weighted by Crippen LogP contribution is 2.05. The summed E-state index contributed by atoms with van der Waals surface area (Å²) in [5.41, 5.74) is -1.05. The molecule has 7 nitrogen and oxygen atoms in total. The molecular formula is C11H15N3O4. The maximum Gasteiger partial charge on any atom is 0.328 e. The van der Waals surface area contributed by atoms with Crippen molar-refractivity contribution >= 4 is 5.91 Å². The van der Waals surface area contributed by atoms with Crippen LogP contribution in [0.3, 0.4) is 0 Å². The van der Waals surface area contributed by atoms with Gasteiger partial charge in [0.1, 0.15) is 6.54 Å². The first-order valence-corrected chi connectivity index (χ1v) is 5.82. The Morgan fingerprint density at radius 1 is 1.44 bits per heavy atom. The summed E-state index contributed by atoms with van der Waals surface area (Å²) in [6.45, 7) is 1.19. The molecule has 0 saturated carbocycles. The molecule has 98 valence electrons. The third-order valence-electron chi connectivity index (χ3n) is 2.80. The second-order valence-electron chi connectivity index (χ2n) is 4.19. The summed E-state index contributed by atoms with van der Waals surface area (Å²) in [7, 11) is 0. The molecule has 2 N–H and O–H groups in total. The number of carbonyl (C=O) groups is 1. The van der Waals surface area contributed by atoms with Gasteiger partial charge in [-0.3, -0.25) is 19.1 Å². The number of H-pyrrole nitrogens is 1. The first-order valence-electron chi connectivity index (χ1n) is 5.82. The number of ether oxygens (including phenoxy) is 1. The van der Waals surface area contributed by atoms with E-state index in [-0.39, 0.29) is 18.5 Å². The standard InChI is InChI=1S/C11H15N3O4/c15-9-1-4-14(11(17)13-9)7-10(16)12-8-2-5-18-6-3-8/h1,4,8H,2-3,5-7H2,(H,12,16)(H,13,15,17). The summed E-state index contributed by atoms with van der Waals surface area (Å²) >= 11 is 0. The fourth-order valence-corrected chi connectivity index (χ4v) is 1.84. The number of hydrogen-bond donors (Lipinski definition) is 2. The van der Waals surface area contributed by atoms with Crippen LogP contribution in [-0.2, 0) is 16.1 Å². The number of rotatable bonds is 3. The second-order valence-corrected chi connectivity index (χ2v) is 4.19. The molecule has 0 aliphatic carbocycles. The van der Waals surface area contributed by atoms with E-state index >= 15 is 0 Å². The van der Waals surface area contributed by atoms with Crippen molar-refractivity contribution in [2.75, 3.05) is 13.2 Å². The predicted molar refractivity (Wildman–Crippen MR) is 63.3 cm³/mol. The number of aromatic nitrogens is 2. The molecule has 0 radical (unpaired) electrons. The van der Waals surface area contributed by atoms with Gasteiger partial charge in [-0.1, -0.05) is 0 Å². The fourth-order valence-electron chi connectivity index (χ4n) is 1.84. The van der Waals surface area contributed by atoms with Gasteiger partial charge in [-0.05, 0) is 12.8 Å². The van der Waals surface area contributed by atoms with Crippen LogP contribution in [0.1, 0.15) is 12.8 Å². The molecule has 2 rings (SSSR count). The van der Waals surface area contributed by atoms with Gasteiger partial charge in [-0.25, -0.2) is 4.79 Å². The zero-order chi connectivity index (χ0) is 13.0. The van der Waals surface area contributed by atoms with Crippen LogP contribution < -0.4 is 16.6 Å². The van der Waals surface area contributed by atoms with Gasteiger partial charge >= 0.3 is 5.69 Å². The highest BCUT2D eigenvalue weighted by molar-refractivity contribution is 5.76. The van der Waals surface area contributed by atoms with Crippen molar-refractivity contribution in [3.05, 3.63) is 33.1 Å². The lowest BCUT2D eigenvalue weighted by Gasteiger charge is -2.23. The van der Waals surface area contributed by atoms with Gasteiger partial charge in [0.15, 0.2) is 0 Å². The van der Waals surface area contributed by atoms with Gasteiger partial charge in [0, 0.05) is 31.5 Å². The van der Waals surface area contributed by atoms with Crippen LogP contribution in [0.4, 0.5) is 0 Å². The molecule has 0 unspecified atom stereocenters. The summed E-state index contributed by atoms with van der Waals surface area (Å²) in [6.07, 6.45) is 2.88. The number of nitrogens with one attached hydrogen (secondary N) is 2. The monoisotopic (exact) mass is 253 g/mol. The van der Waals surface area contributed by atoms with Gasteiger partial charge in [0.05, 0.1) is 0 Å². The van der Waals surface area contributed by atoms with Gasteiger partial charge < -0.3 is 10.1 Å². The molecule has 2 heterocycles. The maximum absolute atomic E-state index is 11.7. The minimum absolute atomic E-state index is 0.0903. The molecule has 1 aromatic heterocycles. The lowest BCUT2D eigenvalue weighted by molar-refractivity contribution is -0.123. The Balaban J connectivity index is 1.94. The van der Waals surface area contributed by atoms with Gasteiger partial charge in [-0.2, -0.15) is 0 Å². The molecular weight excluding hydrogens is 238 g/mol. The minimum Gasteiger partial charge on any atom is -0.381 e. The van der Waals surface area contributed by atoms with Crippen molar-refractivity contribution < 1.29 is 9.53 Å². The molecule has 1 saturated heterocycles. The van der Waals surface area contributed by atoms with Crippen LogP contribution >= 0.6 is 0 Å². The highest BCUT2D eigenvalue weighted by Gasteiger charge is 2.16. The Labute approximate surface area is 103 Å². The van der Waals surface area contributed by atoms with Gasteiger partial charge in [0.25, 0.3) is 5.56 Å². The zero-order valence-corrected chi connectivity index (χ0v) is 9.85. The van der Waals surface area contributed by atoms with Crippen molar-refractivity contribution in [1.29, 1.82) is 0 Å². The number of amides is 1. The molecule has 1 amide bonds. The Bertz CT molecular complexity index is 528. The van der Waals surface area contributed by atoms with E-state index < -0.39 is 11.2 Å². The molecule has 1 fully saturated rings. The third-order valence-corrected chi connectivity index (χ3v) is 2.80. The minimum atomic E-state index is -0.579. The third kappa shape index (κ3) is 3.30. The van der Waals surface area contributed by atoms with Gasteiger partial charge in [0.2, 0.25) is 5.91 Å². The lowest BCUT2D eigenvalue weighted by Crippen LogP contribution is -2.42. The van der Waals surface area contributed by atoms with Gasteiger partial charge in [-0.15, -0.1) is 0 Å². The number of hydrogen-bond acceptors (Lipinski definition) is 4. The van der Waals surface area contributed by atoms with Crippen LogP contribution in [0, 0.1) is 0 Å². The van der Waals surface area contributed by atoms with E-state index in [4.69, 9.17) is 4.74 Å². The molecule has 1 aromatic rings. The SMILES string of the molecule is O=C(Cn1ccc(=O)[nH]c1=O)NC1CCOCC1. The molecule has 0 atom stereocenters. The van der Waals surface area contributed by atoms with E-state index in [0.717, 1.165) is 17.4 Å². The Kier molecular flexibility index (Phi) is 3.93. The second kappa shape index (κ2) is 5.63. The number of nitrogens with zero attached hydrogens (tertiary/aromatic N) is 1. The van der Waals surface area contributed by atoms with Crippen LogP contribution in [0.25, 0.3) is 0 Å². The number of aromatic amines is 1. The predicted octanol–water partition coefficient (Wildman–Crippen LogP) is -1.17. The quantitative estimate of drug-likeness (QED) is 0.710. The summed E-state index contributed by atoms with van der Waals surface area (Å²) < 4.78 is 6.35. The summed E-state index contributed by atoms with van der Waals surface area (Å²) in [5, 5.41) is 2.84. The van der Waals surface area contributed by atoms with E-state index in [0.29, 0.717) is 13.2 Å². The Hall–Kier alpha value is -1.89. The van der Waals surface area contributed by atoms with E-state index in [1.54, 1.807) is 0 Å². The molecule has 7 heteroatoms. The molecule has 0 spiro atoms. The fraction of sp³-hybridized carbons (Fsp3) is 0.545. The van der Waals surface area contributed by atoms with Crippen molar-refractivity contribution in [2.24, 2.45) is 0 Å². The van der Waals surface area contributed by atoms with E-state index in [1.807, 2.05) is 0 Å². The zero-order valence-electron chi connectivity index (χ0n) is 9.85. The van der Waals surface area contributed by atoms with Crippen molar-refractivity contribution in [3.8, 4) is 0 Å². The molecule has 0 bridgehead atoms. The molecule has 1 aliphatic heterocycles. The summed E-state index contributed by atoms with van der Waals surface area (Å²) in [6, 6.07) is 1.31. The van der Waals surface area contributed by atoms with Crippen LogP contribution in [0.5, 0.6) is 0 Å². The van der Waals surface area contributed by atoms with Crippen LogP contribution in [-0.4, -0.2) is 34.7 Å². The lowest BCUT2D eigenvalue weighted by atomic mass is 10.1. The average molecular weight is 253 g/mol. The Morgan fingerprint density at radius 2 is 2.17 bits per heavy atom. The van der Waals surface area contributed by atoms with Crippen molar-refractivity contribution in [1.82, 2.24) is 14.9 Å². The smallest absolute Gasteiger partial charge is 0.328 e. The van der Waals surface area contributed by atoms with E-state index in [1.165, 1.54) is 12.3 Å². The largest absolute Gasteiger partial charge is 0.381 e. The summed E-state index contributed by atoms with van der Waals surface area (Å²) in [5.74, 6) is -0.240. The average Bonchev–Trinajstić information content (AvgIpc) is 2.34. The summed E-state index contributed by atoms with van der Waals surface area (Å²) in [4.78, 5) is 36.1. The van der Waals surface area contributed by atoms with Crippen LogP contribution in [0.2, 0.25) is 0 Å².